The van der Waals surface area contributed by atoms with E-state index in [4.69, 9.17) is 4.74 Å². The van der Waals surface area contributed by atoms with E-state index in [2.05, 4.69) is 20.7 Å². The fourth-order valence-corrected chi connectivity index (χ4v) is 3.20. The summed E-state index contributed by atoms with van der Waals surface area (Å²) in [4.78, 5) is 28.5. The van der Waals surface area contributed by atoms with E-state index in [1.54, 1.807) is 71.8 Å². The largest absolute Gasteiger partial charge is 0.490 e. The summed E-state index contributed by atoms with van der Waals surface area (Å²) in [6.45, 7) is 0.684. The third-order valence-corrected chi connectivity index (χ3v) is 4.80. The van der Waals surface area contributed by atoms with Gasteiger partial charge in [0.25, 0.3) is 5.91 Å². The summed E-state index contributed by atoms with van der Waals surface area (Å²) in [5, 5.41) is 9.79. The lowest BCUT2D eigenvalue weighted by Crippen LogP contribution is -2.28. The maximum Gasteiger partial charge on any atom is 0.251 e. The first-order valence-electron chi connectivity index (χ1n) is 10.6. The summed E-state index contributed by atoms with van der Waals surface area (Å²) in [6.07, 6.45) is 6.51. The zero-order valence-corrected chi connectivity index (χ0v) is 18.1. The standard InChI is InChI=1S/C25H22FN5O3/c26-20-4-1-3-18(13-20)14-24(32)30-21-15-29-31(17-21)22-8-6-19(7-9-22)25(33)28-11-12-34-23-5-2-10-27-16-23/h1-10,13,15-17H,11-12,14H2,(H,28,33)(H,30,32). The van der Waals surface area contributed by atoms with Gasteiger partial charge in [0.1, 0.15) is 18.2 Å². The van der Waals surface area contributed by atoms with Crippen molar-refractivity contribution in [3.05, 3.63) is 102 Å². The quantitative estimate of drug-likeness (QED) is 0.374. The summed E-state index contributed by atoms with van der Waals surface area (Å²) in [5.41, 5.74) is 2.32. The Labute approximate surface area is 195 Å². The topological polar surface area (TPSA) is 98.1 Å². The van der Waals surface area contributed by atoms with Gasteiger partial charge in [-0.2, -0.15) is 5.10 Å². The predicted octanol–water partition coefficient (Wildman–Crippen LogP) is 3.40. The monoisotopic (exact) mass is 459 g/mol. The molecule has 34 heavy (non-hydrogen) atoms. The number of carbonyl (C=O) groups excluding carboxylic acids is 2. The Hall–Kier alpha value is -4.53. The second-order valence-corrected chi connectivity index (χ2v) is 7.37. The molecule has 0 fully saturated rings. The van der Waals surface area contributed by atoms with E-state index in [-0.39, 0.29) is 24.1 Å². The molecule has 9 heteroatoms. The Morgan fingerprint density at radius 3 is 2.65 bits per heavy atom. The number of nitrogens with zero attached hydrogens (tertiary/aromatic N) is 3. The minimum atomic E-state index is -0.381. The molecule has 0 saturated heterocycles. The molecule has 0 bridgehead atoms. The number of ether oxygens (including phenoxy) is 1. The van der Waals surface area contributed by atoms with E-state index in [0.29, 0.717) is 35.7 Å². The molecule has 0 spiro atoms. The van der Waals surface area contributed by atoms with Crippen LogP contribution >= 0.6 is 0 Å². The zero-order valence-electron chi connectivity index (χ0n) is 18.1. The van der Waals surface area contributed by atoms with Crippen molar-refractivity contribution in [2.24, 2.45) is 0 Å². The highest BCUT2D eigenvalue weighted by atomic mass is 19.1. The van der Waals surface area contributed by atoms with Gasteiger partial charge in [-0.1, -0.05) is 12.1 Å². The average Bonchev–Trinajstić information content (AvgIpc) is 3.31. The number of aromatic nitrogens is 3. The van der Waals surface area contributed by atoms with Gasteiger partial charge in [0.05, 0.1) is 42.9 Å². The second kappa shape index (κ2) is 10.9. The van der Waals surface area contributed by atoms with Crippen molar-refractivity contribution < 1.29 is 18.7 Å². The molecule has 4 aromatic rings. The lowest BCUT2D eigenvalue weighted by molar-refractivity contribution is -0.115. The van der Waals surface area contributed by atoms with Crippen molar-refractivity contribution in [1.82, 2.24) is 20.1 Å². The molecule has 172 valence electrons. The van der Waals surface area contributed by atoms with Gasteiger partial charge in [0, 0.05) is 11.8 Å². The van der Waals surface area contributed by atoms with E-state index in [9.17, 15) is 14.0 Å². The van der Waals surface area contributed by atoms with Crippen LogP contribution in [-0.4, -0.2) is 39.7 Å². The van der Waals surface area contributed by atoms with Gasteiger partial charge in [0.15, 0.2) is 0 Å². The van der Waals surface area contributed by atoms with Gasteiger partial charge in [-0.15, -0.1) is 0 Å². The number of halogens is 1. The zero-order chi connectivity index (χ0) is 23.8. The van der Waals surface area contributed by atoms with Gasteiger partial charge in [0.2, 0.25) is 5.91 Å². The van der Waals surface area contributed by atoms with Gasteiger partial charge in [-0.05, 0) is 54.1 Å². The van der Waals surface area contributed by atoms with Crippen LogP contribution in [0, 0.1) is 5.82 Å². The van der Waals surface area contributed by atoms with E-state index in [0.717, 1.165) is 5.69 Å². The lowest BCUT2D eigenvalue weighted by Gasteiger charge is -2.08. The van der Waals surface area contributed by atoms with E-state index in [1.807, 2.05) is 0 Å². The highest BCUT2D eigenvalue weighted by Crippen LogP contribution is 2.14. The number of amides is 2. The molecule has 2 aromatic carbocycles. The van der Waals surface area contributed by atoms with E-state index < -0.39 is 0 Å². The average molecular weight is 459 g/mol. The van der Waals surface area contributed by atoms with Crippen molar-refractivity contribution in [1.29, 1.82) is 0 Å². The number of hydrogen-bond donors (Lipinski definition) is 2. The van der Waals surface area contributed by atoms with Gasteiger partial charge < -0.3 is 15.4 Å². The molecule has 2 heterocycles. The molecule has 2 N–H and O–H groups in total. The van der Waals surface area contributed by atoms with Crippen LogP contribution in [0.25, 0.3) is 5.69 Å². The molecular formula is C25H22FN5O3. The highest BCUT2D eigenvalue weighted by Gasteiger charge is 2.09. The minimum Gasteiger partial charge on any atom is -0.490 e. The van der Waals surface area contributed by atoms with E-state index >= 15 is 0 Å². The van der Waals surface area contributed by atoms with Crippen molar-refractivity contribution >= 4 is 17.5 Å². The summed E-state index contributed by atoms with van der Waals surface area (Å²) in [6, 6.07) is 16.4. The minimum absolute atomic E-state index is 0.0556. The molecule has 0 unspecified atom stereocenters. The number of hydrogen-bond acceptors (Lipinski definition) is 5. The first kappa shape index (κ1) is 22.7. The van der Waals surface area contributed by atoms with Crippen LogP contribution in [0.5, 0.6) is 5.75 Å². The first-order valence-corrected chi connectivity index (χ1v) is 10.6. The van der Waals surface area contributed by atoms with Crippen molar-refractivity contribution in [3.63, 3.8) is 0 Å². The third kappa shape index (κ3) is 6.26. The predicted molar refractivity (Wildman–Crippen MR) is 124 cm³/mol. The van der Waals surface area contributed by atoms with Crippen LogP contribution in [0.2, 0.25) is 0 Å². The van der Waals surface area contributed by atoms with Crippen LogP contribution in [0.4, 0.5) is 10.1 Å². The number of nitrogens with one attached hydrogen (secondary N) is 2. The fourth-order valence-electron chi connectivity index (χ4n) is 3.20. The molecule has 0 radical (unpaired) electrons. The van der Waals surface area contributed by atoms with Crippen molar-refractivity contribution in [2.45, 2.75) is 6.42 Å². The van der Waals surface area contributed by atoms with Crippen LogP contribution in [0.15, 0.2) is 85.5 Å². The molecule has 0 aliphatic heterocycles. The Bertz CT molecular complexity index is 1260. The Balaban J connectivity index is 1.27. The maximum absolute atomic E-state index is 13.3. The molecule has 2 aromatic heterocycles. The smallest absolute Gasteiger partial charge is 0.251 e. The SMILES string of the molecule is O=C(Cc1cccc(F)c1)Nc1cnn(-c2ccc(C(=O)NCCOc3cccnc3)cc2)c1. The van der Waals surface area contributed by atoms with Crippen molar-refractivity contribution in [3.8, 4) is 11.4 Å². The number of rotatable bonds is 9. The second-order valence-electron chi connectivity index (χ2n) is 7.37. The molecular weight excluding hydrogens is 437 g/mol. The maximum atomic E-state index is 13.3. The summed E-state index contributed by atoms with van der Waals surface area (Å²) >= 11 is 0. The van der Waals surface area contributed by atoms with Crippen LogP contribution in [0.1, 0.15) is 15.9 Å². The van der Waals surface area contributed by atoms with Gasteiger partial charge >= 0.3 is 0 Å². The normalized spacial score (nSPS) is 10.5. The molecule has 2 amide bonds. The van der Waals surface area contributed by atoms with Gasteiger partial charge in [-0.3, -0.25) is 14.6 Å². The van der Waals surface area contributed by atoms with Gasteiger partial charge in [-0.25, -0.2) is 9.07 Å². The third-order valence-electron chi connectivity index (χ3n) is 4.80. The lowest BCUT2D eigenvalue weighted by atomic mass is 10.1. The summed E-state index contributed by atoms with van der Waals surface area (Å²) < 4.78 is 20.4. The number of benzene rings is 2. The van der Waals surface area contributed by atoms with Crippen LogP contribution < -0.4 is 15.4 Å². The Kier molecular flexibility index (Phi) is 7.24. The first-order chi connectivity index (χ1) is 16.6. The molecule has 4 rings (SSSR count). The summed E-state index contributed by atoms with van der Waals surface area (Å²) in [7, 11) is 0. The van der Waals surface area contributed by atoms with Crippen LogP contribution in [-0.2, 0) is 11.2 Å². The van der Waals surface area contributed by atoms with E-state index in [1.165, 1.54) is 18.3 Å². The number of carbonyl (C=O) groups is 2. The summed E-state index contributed by atoms with van der Waals surface area (Å²) in [5.74, 6) is -0.227. The van der Waals surface area contributed by atoms with Crippen LogP contribution in [0.3, 0.4) is 0 Å². The molecule has 0 aliphatic carbocycles. The molecule has 0 aliphatic rings. The Morgan fingerprint density at radius 2 is 1.88 bits per heavy atom. The Morgan fingerprint density at radius 1 is 1.03 bits per heavy atom. The molecule has 8 nitrogen and oxygen atoms in total. The fraction of sp³-hybridized carbons (Fsp3) is 0.120. The van der Waals surface area contributed by atoms with Crippen molar-refractivity contribution in [2.75, 3.05) is 18.5 Å². The molecule has 0 atom stereocenters. The molecule has 0 saturated carbocycles. The number of pyridine rings is 1. The highest BCUT2D eigenvalue weighted by molar-refractivity contribution is 5.94. The number of anilines is 1.